The van der Waals surface area contributed by atoms with Gasteiger partial charge in [0, 0.05) is 23.4 Å². The van der Waals surface area contributed by atoms with Gasteiger partial charge >= 0.3 is 0 Å². The Hall–Kier alpha value is -2.93. The highest BCUT2D eigenvalue weighted by Crippen LogP contribution is 2.33. The highest BCUT2D eigenvalue weighted by molar-refractivity contribution is 7.14. The maximum atomic E-state index is 13.5. The Balaban J connectivity index is 1.57. The van der Waals surface area contributed by atoms with E-state index in [-0.39, 0.29) is 17.6 Å². The van der Waals surface area contributed by atoms with E-state index in [2.05, 4.69) is 0 Å². The zero-order valence-electron chi connectivity index (χ0n) is 19.1. The summed E-state index contributed by atoms with van der Waals surface area (Å²) in [7, 11) is 3.23. The van der Waals surface area contributed by atoms with Crippen molar-refractivity contribution >= 4 is 22.4 Å². The monoisotopic (exact) mass is 468 g/mol. The van der Waals surface area contributed by atoms with E-state index in [1.807, 2.05) is 28.5 Å². The third-order valence-corrected chi connectivity index (χ3v) is 7.02. The number of benzene rings is 2. The molecular weight excluding hydrogens is 439 g/mol. The summed E-state index contributed by atoms with van der Waals surface area (Å²) in [6, 6.07) is 12.1. The lowest BCUT2D eigenvalue weighted by Crippen LogP contribution is -2.38. The summed E-state index contributed by atoms with van der Waals surface area (Å²) in [5, 5.41) is 2.62. The second-order valence-corrected chi connectivity index (χ2v) is 9.12. The van der Waals surface area contributed by atoms with Gasteiger partial charge in [0.05, 0.1) is 19.9 Å². The van der Waals surface area contributed by atoms with Gasteiger partial charge < -0.3 is 9.47 Å². The predicted molar refractivity (Wildman–Crippen MR) is 130 cm³/mol. The first-order chi connectivity index (χ1) is 16.1. The molecule has 0 unspecified atom stereocenters. The Labute approximate surface area is 198 Å². The van der Waals surface area contributed by atoms with Gasteiger partial charge in [0.1, 0.15) is 5.82 Å². The van der Waals surface area contributed by atoms with Gasteiger partial charge in [-0.05, 0) is 61.2 Å². The Morgan fingerprint density at radius 2 is 1.79 bits per heavy atom. The molecular formula is C26H29FN2O3S. The molecule has 5 nitrogen and oxygen atoms in total. The Morgan fingerprint density at radius 3 is 2.48 bits per heavy atom. The van der Waals surface area contributed by atoms with Crippen molar-refractivity contribution in [3.63, 3.8) is 0 Å². The molecule has 1 amide bonds. The Morgan fingerprint density at radius 1 is 1.06 bits per heavy atom. The maximum absolute atomic E-state index is 13.5. The van der Waals surface area contributed by atoms with Crippen LogP contribution in [0.4, 0.5) is 9.52 Å². The van der Waals surface area contributed by atoms with Gasteiger partial charge in [0.15, 0.2) is 16.6 Å². The molecule has 0 aliphatic heterocycles. The molecule has 7 heteroatoms. The summed E-state index contributed by atoms with van der Waals surface area (Å²) >= 11 is 1.45. The third kappa shape index (κ3) is 5.53. The number of methoxy groups -OCH3 is 2. The van der Waals surface area contributed by atoms with Crippen LogP contribution in [0.2, 0.25) is 0 Å². The van der Waals surface area contributed by atoms with Crippen LogP contribution in [0.25, 0.3) is 11.3 Å². The summed E-state index contributed by atoms with van der Waals surface area (Å²) < 4.78 is 24.1. The summed E-state index contributed by atoms with van der Waals surface area (Å²) in [5.41, 5.74) is 2.65. The summed E-state index contributed by atoms with van der Waals surface area (Å²) in [6.45, 7) is 0.529. The van der Waals surface area contributed by atoms with E-state index in [4.69, 9.17) is 14.5 Å². The topological polar surface area (TPSA) is 51.7 Å². The van der Waals surface area contributed by atoms with E-state index in [1.54, 1.807) is 26.4 Å². The summed E-state index contributed by atoms with van der Waals surface area (Å²) in [6.07, 6.45) is 5.92. The van der Waals surface area contributed by atoms with Crippen LogP contribution in [0.5, 0.6) is 11.5 Å². The van der Waals surface area contributed by atoms with Crippen molar-refractivity contribution in [2.45, 2.75) is 38.5 Å². The van der Waals surface area contributed by atoms with Crippen molar-refractivity contribution in [1.29, 1.82) is 0 Å². The molecule has 1 aromatic heterocycles. The Kier molecular flexibility index (Phi) is 7.60. The van der Waals surface area contributed by atoms with Crippen molar-refractivity contribution in [2.75, 3.05) is 25.7 Å². The normalized spacial score (nSPS) is 14.2. The first-order valence-electron chi connectivity index (χ1n) is 11.3. The first-order valence-corrected chi connectivity index (χ1v) is 12.2. The number of thiazole rings is 1. The molecule has 0 radical (unpaired) electrons. The SMILES string of the molecule is COc1ccc(CCN(C(=O)C2CCCCC2)c2nc(-c3ccc(F)cc3)cs2)cc1OC. The van der Waals surface area contributed by atoms with Gasteiger partial charge in [-0.25, -0.2) is 9.37 Å². The number of halogens is 1. The van der Waals surface area contributed by atoms with Crippen molar-refractivity contribution in [1.82, 2.24) is 4.98 Å². The highest BCUT2D eigenvalue weighted by atomic mass is 32.1. The van der Waals surface area contributed by atoms with Crippen LogP contribution < -0.4 is 14.4 Å². The van der Waals surface area contributed by atoms with Gasteiger partial charge in [-0.15, -0.1) is 11.3 Å². The molecule has 0 atom stereocenters. The van der Waals surface area contributed by atoms with Gasteiger partial charge in [0.2, 0.25) is 5.91 Å². The predicted octanol–water partition coefficient (Wildman–Crippen LogP) is 6.12. The van der Waals surface area contributed by atoms with E-state index in [1.165, 1.54) is 29.9 Å². The molecule has 1 aliphatic carbocycles. The minimum atomic E-state index is -0.279. The number of hydrogen-bond acceptors (Lipinski definition) is 5. The minimum absolute atomic E-state index is 0.0438. The van der Waals surface area contributed by atoms with Crippen molar-refractivity contribution in [3.8, 4) is 22.8 Å². The average Bonchev–Trinajstić information content (AvgIpc) is 3.34. The van der Waals surface area contributed by atoms with E-state index in [0.29, 0.717) is 29.6 Å². The lowest BCUT2D eigenvalue weighted by Gasteiger charge is -2.28. The molecule has 3 aromatic rings. The van der Waals surface area contributed by atoms with Crippen molar-refractivity contribution in [3.05, 3.63) is 59.2 Å². The van der Waals surface area contributed by atoms with Crippen LogP contribution >= 0.6 is 11.3 Å². The number of rotatable bonds is 8. The van der Waals surface area contributed by atoms with E-state index in [9.17, 15) is 9.18 Å². The zero-order valence-corrected chi connectivity index (χ0v) is 19.9. The fourth-order valence-corrected chi connectivity index (χ4v) is 5.15. The lowest BCUT2D eigenvalue weighted by atomic mass is 9.88. The van der Waals surface area contributed by atoms with Gasteiger partial charge in [-0.1, -0.05) is 25.3 Å². The Bertz CT molecular complexity index is 1080. The molecule has 1 fully saturated rings. The molecule has 0 saturated heterocycles. The fourth-order valence-electron chi connectivity index (χ4n) is 4.29. The van der Waals surface area contributed by atoms with Gasteiger partial charge in [-0.2, -0.15) is 0 Å². The number of amides is 1. The number of carbonyl (C=O) groups excluding carboxylic acids is 1. The lowest BCUT2D eigenvalue weighted by molar-refractivity contribution is -0.123. The van der Waals surface area contributed by atoms with Gasteiger partial charge in [0.25, 0.3) is 0 Å². The van der Waals surface area contributed by atoms with Crippen LogP contribution in [0.1, 0.15) is 37.7 Å². The number of nitrogens with zero attached hydrogens (tertiary/aromatic N) is 2. The molecule has 174 valence electrons. The molecule has 0 bridgehead atoms. The molecule has 2 aromatic carbocycles. The molecule has 1 heterocycles. The van der Waals surface area contributed by atoms with Crippen molar-refractivity contribution in [2.24, 2.45) is 5.92 Å². The first kappa shape index (κ1) is 23.2. The molecule has 1 aliphatic rings. The van der Waals surface area contributed by atoms with Crippen LogP contribution in [-0.4, -0.2) is 31.7 Å². The largest absolute Gasteiger partial charge is 0.493 e. The third-order valence-electron chi connectivity index (χ3n) is 6.16. The fraction of sp³-hybridized carbons (Fsp3) is 0.385. The summed E-state index contributed by atoms with van der Waals surface area (Å²) in [4.78, 5) is 20.1. The second-order valence-electron chi connectivity index (χ2n) is 8.29. The highest BCUT2D eigenvalue weighted by Gasteiger charge is 2.28. The summed E-state index contributed by atoms with van der Waals surface area (Å²) in [5.74, 6) is 1.27. The minimum Gasteiger partial charge on any atom is -0.493 e. The molecule has 0 spiro atoms. The van der Waals surface area contributed by atoms with Crippen LogP contribution in [0.3, 0.4) is 0 Å². The van der Waals surface area contributed by atoms with Crippen LogP contribution in [0, 0.1) is 11.7 Å². The van der Waals surface area contributed by atoms with E-state index < -0.39 is 0 Å². The van der Waals surface area contributed by atoms with Crippen LogP contribution in [0.15, 0.2) is 47.8 Å². The number of anilines is 1. The second kappa shape index (κ2) is 10.8. The number of aromatic nitrogens is 1. The quantitative estimate of drug-likeness (QED) is 0.400. The van der Waals surface area contributed by atoms with Gasteiger partial charge in [-0.3, -0.25) is 9.69 Å². The number of carbonyl (C=O) groups is 1. The molecule has 0 N–H and O–H groups in total. The molecule has 4 rings (SSSR count). The van der Waals surface area contributed by atoms with Crippen LogP contribution in [-0.2, 0) is 11.2 Å². The van der Waals surface area contributed by atoms with E-state index in [0.717, 1.165) is 42.5 Å². The standard InChI is InChI=1S/C26H29FN2O3S/c1-31-23-13-8-18(16-24(23)32-2)14-15-29(25(30)20-6-4-3-5-7-20)26-28-22(17-33-26)19-9-11-21(27)12-10-19/h8-13,16-17,20H,3-7,14-15H2,1-2H3. The zero-order chi connectivity index (χ0) is 23.2. The average molecular weight is 469 g/mol. The number of ether oxygens (including phenoxy) is 2. The van der Waals surface area contributed by atoms with E-state index >= 15 is 0 Å². The number of hydrogen-bond donors (Lipinski definition) is 0. The molecule has 33 heavy (non-hydrogen) atoms. The maximum Gasteiger partial charge on any atom is 0.231 e. The smallest absolute Gasteiger partial charge is 0.231 e. The van der Waals surface area contributed by atoms with Crippen molar-refractivity contribution < 1.29 is 18.7 Å². The molecule has 1 saturated carbocycles.